The molecule has 0 saturated heterocycles. The highest BCUT2D eigenvalue weighted by Crippen LogP contribution is 2.17. The molecule has 0 atom stereocenters. The molecule has 21 heavy (non-hydrogen) atoms. The van der Waals surface area contributed by atoms with Crippen molar-refractivity contribution in [3.05, 3.63) is 46.2 Å². The Bertz CT molecular complexity index is 730. The number of benzene rings is 1. The smallest absolute Gasteiger partial charge is 0.305 e. The van der Waals surface area contributed by atoms with E-state index in [2.05, 4.69) is 19.7 Å². The number of aryl methyl sites for hydroxylation is 1. The first kappa shape index (κ1) is 13.8. The van der Waals surface area contributed by atoms with Crippen LogP contribution in [-0.4, -0.2) is 28.0 Å². The lowest BCUT2D eigenvalue weighted by atomic mass is 10.2. The molecule has 0 radical (unpaired) electrons. The highest BCUT2D eigenvalue weighted by atomic mass is 32.1. The number of ether oxygens (including phenoxy) is 1. The number of carbonyl (C=O) groups excluding carboxylic acids is 1. The van der Waals surface area contributed by atoms with E-state index in [-0.39, 0.29) is 5.97 Å². The first-order valence-corrected chi connectivity index (χ1v) is 7.56. The van der Waals surface area contributed by atoms with Gasteiger partial charge in [0.25, 0.3) is 0 Å². The van der Waals surface area contributed by atoms with Crippen molar-refractivity contribution in [1.29, 1.82) is 0 Å². The second-order valence-electron chi connectivity index (χ2n) is 4.69. The maximum Gasteiger partial charge on any atom is 0.305 e. The number of aromatic nitrogens is 3. The van der Waals surface area contributed by atoms with E-state index in [1.165, 1.54) is 7.11 Å². The van der Waals surface area contributed by atoms with E-state index in [1.54, 1.807) is 11.3 Å². The molecule has 1 N–H and O–H groups in total. The van der Waals surface area contributed by atoms with Crippen molar-refractivity contribution in [2.24, 2.45) is 0 Å². The van der Waals surface area contributed by atoms with Gasteiger partial charge in [-0.25, -0.2) is 9.97 Å². The van der Waals surface area contributed by atoms with Crippen molar-refractivity contribution < 1.29 is 9.53 Å². The second kappa shape index (κ2) is 6.05. The van der Waals surface area contributed by atoms with Gasteiger partial charge in [0, 0.05) is 11.8 Å². The fraction of sp³-hybridized carbons (Fsp3) is 0.267. The van der Waals surface area contributed by atoms with Crippen molar-refractivity contribution in [3.8, 4) is 0 Å². The van der Waals surface area contributed by atoms with Gasteiger partial charge in [0.1, 0.15) is 10.8 Å². The van der Waals surface area contributed by atoms with Gasteiger partial charge >= 0.3 is 5.97 Å². The third-order valence-corrected chi connectivity index (χ3v) is 4.07. The van der Waals surface area contributed by atoms with Crippen LogP contribution >= 0.6 is 11.3 Å². The van der Waals surface area contributed by atoms with E-state index >= 15 is 0 Å². The Morgan fingerprint density at radius 1 is 1.33 bits per heavy atom. The molecule has 0 aliphatic heterocycles. The lowest BCUT2D eigenvalue weighted by Gasteiger charge is -1.96. The zero-order chi connectivity index (χ0) is 14.7. The zero-order valence-electron chi connectivity index (χ0n) is 11.6. The van der Waals surface area contributed by atoms with Gasteiger partial charge in [0.05, 0.1) is 36.7 Å². The van der Waals surface area contributed by atoms with Crippen LogP contribution in [0.25, 0.3) is 11.0 Å². The van der Waals surface area contributed by atoms with E-state index in [0.29, 0.717) is 19.3 Å². The molecule has 2 aromatic heterocycles. The summed E-state index contributed by atoms with van der Waals surface area (Å²) in [6.45, 7) is 0. The molecular formula is C15H15N3O2S. The number of H-pyrrole nitrogens is 1. The molecule has 3 rings (SSSR count). The molecule has 0 spiro atoms. The molecule has 0 aliphatic carbocycles. The highest BCUT2D eigenvalue weighted by Gasteiger charge is 2.08. The lowest BCUT2D eigenvalue weighted by molar-refractivity contribution is -0.140. The van der Waals surface area contributed by atoms with Gasteiger partial charge in [-0.05, 0) is 12.1 Å². The molecule has 6 heteroatoms. The van der Waals surface area contributed by atoms with Crippen LogP contribution in [-0.2, 0) is 22.4 Å². The Balaban J connectivity index is 1.67. The van der Waals surface area contributed by atoms with Gasteiger partial charge in [-0.15, -0.1) is 11.3 Å². The molecule has 108 valence electrons. The monoisotopic (exact) mass is 301 g/mol. The summed E-state index contributed by atoms with van der Waals surface area (Å²) in [5.41, 5.74) is 2.93. The Hall–Kier alpha value is -2.21. The van der Waals surface area contributed by atoms with Crippen LogP contribution in [0.4, 0.5) is 0 Å². The van der Waals surface area contributed by atoms with Crippen molar-refractivity contribution in [3.63, 3.8) is 0 Å². The summed E-state index contributed by atoms with van der Waals surface area (Å²) in [6, 6.07) is 7.95. The molecule has 1 aromatic carbocycles. The molecule has 0 fully saturated rings. The van der Waals surface area contributed by atoms with Gasteiger partial charge in [-0.2, -0.15) is 0 Å². The van der Waals surface area contributed by atoms with Crippen molar-refractivity contribution in [1.82, 2.24) is 15.0 Å². The number of rotatable bonds is 5. The fourth-order valence-corrected chi connectivity index (χ4v) is 2.94. The van der Waals surface area contributed by atoms with Gasteiger partial charge in [-0.3, -0.25) is 4.79 Å². The molecule has 2 heterocycles. The third kappa shape index (κ3) is 3.28. The minimum absolute atomic E-state index is 0.207. The predicted octanol–water partition coefficient (Wildman–Crippen LogP) is 2.72. The predicted molar refractivity (Wildman–Crippen MR) is 81.4 cm³/mol. The number of para-hydroxylation sites is 2. The quantitative estimate of drug-likeness (QED) is 0.736. The van der Waals surface area contributed by atoms with Gasteiger partial charge in [0.15, 0.2) is 0 Å². The maximum atomic E-state index is 11.1. The molecular weight excluding hydrogens is 286 g/mol. The molecule has 3 aromatic rings. The number of methoxy groups -OCH3 is 1. The largest absolute Gasteiger partial charge is 0.469 e. The molecule has 0 saturated carbocycles. The topological polar surface area (TPSA) is 67.9 Å². The van der Waals surface area contributed by atoms with Crippen LogP contribution < -0.4 is 0 Å². The van der Waals surface area contributed by atoms with Crippen LogP contribution in [0.1, 0.15) is 22.9 Å². The Morgan fingerprint density at radius 2 is 2.19 bits per heavy atom. The SMILES string of the molecule is COC(=O)CCc1csc(Cc2nc3ccccc3[nH]2)n1. The number of thiazole rings is 1. The number of carbonyl (C=O) groups is 1. The van der Waals surface area contributed by atoms with E-state index in [4.69, 9.17) is 0 Å². The van der Waals surface area contributed by atoms with Crippen LogP contribution in [0.2, 0.25) is 0 Å². The van der Waals surface area contributed by atoms with Crippen LogP contribution in [0.3, 0.4) is 0 Å². The molecule has 0 aliphatic rings. The van der Waals surface area contributed by atoms with E-state index in [0.717, 1.165) is 27.6 Å². The zero-order valence-corrected chi connectivity index (χ0v) is 12.4. The first-order valence-electron chi connectivity index (χ1n) is 6.68. The number of imidazole rings is 1. The summed E-state index contributed by atoms with van der Waals surface area (Å²) in [7, 11) is 1.40. The Labute approximate surface area is 126 Å². The van der Waals surface area contributed by atoms with Gasteiger partial charge in [-0.1, -0.05) is 12.1 Å². The number of nitrogens with zero attached hydrogens (tertiary/aromatic N) is 2. The molecule has 0 amide bonds. The first-order chi connectivity index (χ1) is 10.2. The fourth-order valence-electron chi connectivity index (χ4n) is 2.11. The molecule has 5 nitrogen and oxygen atoms in total. The summed E-state index contributed by atoms with van der Waals surface area (Å²) in [5, 5.41) is 2.98. The lowest BCUT2D eigenvalue weighted by Crippen LogP contribution is -2.02. The Kier molecular flexibility index (Phi) is 3.96. The number of nitrogens with one attached hydrogen (secondary N) is 1. The third-order valence-electron chi connectivity index (χ3n) is 3.17. The van der Waals surface area contributed by atoms with E-state index < -0.39 is 0 Å². The standard InChI is InChI=1S/C15H15N3O2S/c1-20-15(19)7-6-10-9-21-14(16-10)8-13-17-11-4-2-3-5-12(11)18-13/h2-5,9H,6-8H2,1H3,(H,17,18). The number of hydrogen-bond acceptors (Lipinski definition) is 5. The Morgan fingerprint density at radius 3 is 3.00 bits per heavy atom. The summed E-state index contributed by atoms with van der Waals surface area (Å²) in [5.74, 6) is 0.701. The van der Waals surface area contributed by atoms with Crippen LogP contribution in [0, 0.1) is 0 Å². The van der Waals surface area contributed by atoms with Crippen LogP contribution in [0.15, 0.2) is 29.6 Å². The average molecular weight is 301 g/mol. The highest BCUT2D eigenvalue weighted by molar-refractivity contribution is 7.09. The normalized spacial score (nSPS) is 10.9. The summed E-state index contributed by atoms with van der Waals surface area (Å²) in [6.07, 6.45) is 1.66. The minimum Gasteiger partial charge on any atom is -0.469 e. The summed E-state index contributed by atoms with van der Waals surface area (Å²) in [4.78, 5) is 23.5. The number of esters is 1. The number of hydrogen-bond donors (Lipinski definition) is 1. The van der Waals surface area contributed by atoms with Gasteiger partial charge in [0.2, 0.25) is 0 Å². The van der Waals surface area contributed by atoms with E-state index in [9.17, 15) is 4.79 Å². The van der Waals surface area contributed by atoms with Crippen molar-refractivity contribution >= 4 is 28.3 Å². The second-order valence-corrected chi connectivity index (χ2v) is 5.63. The average Bonchev–Trinajstić information content (AvgIpc) is 3.10. The summed E-state index contributed by atoms with van der Waals surface area (Å²) < 4.78 is 4.63. The molecule has 0 bridgehead atoms. The van der Waals surface area contributed by atoms with Crippen LogP contribution in [0.5, 0.6) is 0 Å². The maximum absolute atomic E-state index is 11.1. The van der Waals surface area contributed by atoms with Crippen molar-refractivity contribution in [2.45, 2.75) is 19.3 Å². The number of aromatic amines is 1. The molecule has 0 unspecified atom stereocenters. The summed E-state index contributed by atoms with van der Waals surface area (Å²) >= 11 is 1.59. The van der Waals surface area contributed by atoms with Gasteiger partial charge < -0.3 is 9.72 Å². The van der Waals surface area contributed by atoms with E-state index in [1.807, 2.05) is 29.6 Å². The minimum atomic E-state index is -0.207. The number of fused-ring (bicyclic) bond motifs is 1. The van der Waals surface area contributed by atoms with Crippen molar-refractivity contribution in [2.75, 3.05) is 7.11 Å².